The molecular formula is C18H16N4O4. The van der Waals surface area contributed by atoms with E-state index in [4.69, 9.17) is 4.74 Å². The van der Waals surface area contributed by atoms with Gasteiger partial charge in [-0.3, -0.25) is 14.9 Å². The summed E-state index contributed by atoms with van der Waals surface area (Å²) in [6.07, 6.45) is 4.59. The van der Waals surface area contributed by atoms with Gasteiger partial charge in [-0.2, -0.15) is 0 Å². The molecule has 8 heteroatoms. The summed E-state index contributed by atoms with van der Waals surface area (Å²) in [6.45, 7) is 0.343. The van der Waals surface area contributed by atoms with Gasteiger partial charge in [0.05, 0.1) is 17.9 Å². The predicted molar refractivity (Wildman–Crippen MR) is 95.3 cm³/mol. The minimum absolute atomic E-state index is 0.180. The number of hydrogen-bond acceptors (Lipinski definition) is 5. The van der Waals surface area contributed by atoms with E-state index in [0.29, 0.717) is 18.0 Å². The fraction of sp³-hybridized carbons (Fsp3) is 0.111. The molecule has 0 radical (unpaired) electrons. The highest BCUT2D eigenvalue weighted by molar-refractivity contribution is 6.05. The van der Waals surface area contributed by atoms with Gasteiger partial charge in [0.15, 0.2) is 0 Å². The Kier molecular flexibility index (Phi) is 5.04. The minimum Gasteiger partial charge on any atom is -0.380 e. The van der Waals surface area contributed by atoms with E-state index < -0.39 is 10.8 Å². The van der Waals surface area contributed by atoms with Crippen molar-refractivity contribution in [3.63, 3.8) is 0 Å². The maximum absolute atomic E-state index is 12.5. The van der Waals surface area contributed by atoms with Gasteiger partial charge < -0.3 is 14.6 Å². The Hall–Kier alpha value is -3.52. The van der Waals surface area contributed by atoms with E-state index in [1.165, 1.54) is 35.3 Å². The van der Waals surface area contributed by atoms with Gasteiger partial charge in [-0.15, -0.1) is 0 Å². The Bertz CT molecular complexity index is 938. The van der Waals surface area contributed by atoms with Gasteiger partial charge >= 0.3 is 0 Å². The van der Waals surface area contributed by atoms with Crippen molar-refractivity contribution in [1.82, 2.24) is 9.55 Å². The average molecular weight is 352 g/mol. The lowest BCUT2D eigenvalue weighted by Gasteiger charge is -2.11. The predicted octanol–water partition coefficient (Wildman–Crippen LogP) is 3.18. The number of nitro groups is 1. The first-order valence-electron chi connectivity index (χ1n) is 7.75. The molecule has 3 aromatic rings. The summed E-state index contributed by atoms with van der Waals surface area (Å²) in [5.74, 6) is -0.436. The van der Waals surface area contributed by atoms with Crippen molar-refractivity contribution in [2.45, 2.75) is 6.61 Å². The first kappa shape index (κ1) is 17.3. The van der Waals surface area contributed by atoms with Crippen LogP contribution in [0, 0.1) is 10.1 Å². The third-order valence-corrected chi connectivity index (χ3v) is 3.78. The van der Waals surface area contributed by atoms with Crippen LogP contribution in [0.4, 0.5) is 11.4 Å². The van der Waals surface area contributed by atoms with Crippen LogP contribution in [-0.2, 0) is 11.3 Å². The standard InChI is InChI=1S/C18H16N4O4/c1-26-11-14-4-2-3-5-15(14)20-18(23)13-6-7-16(17(10-13)22(24)25)21-9-8-19-12-21/h2-10,12H,11H2,1H3,(H,20,23). The molecule has 1 aromatic heterocycles. The molecule has 3 rings (SSSR count). The van der Waals surface area contributed by atoms with E-state index in [1.54, 1.807) is 25.4 Å². The van der Waals surface area contributed by atoms with E-state index in [1.807, 2.05) is 12.1 Å². The second-order valence-corrected chi connectivity index (χ2v) is 5.47. The fourth-order valence-corrected chi connectivity index (χ4v) is 2.55. The van der Waals surface area contributed by atoms with Gasteiger partial charge in [0.2, 0.25) is 0 Å². The molecule has 8 nitrogen and oxygen atoms in total. The van der Waals surface area contributed by atoms with Gasteiger partial charge in [0, 0.05) is 42.4 Å². The third kappa shape index (κ3) is 3.60. The van der Waals surface area contributed by atoms with Gasteiger partial charge in [0.25, 0.3) is 11.6 Å². The Morgan fingerprint density at radius 1 is 1.31 bits per heavy atom. The molecular weight excluding hydrogens is 336 g/mol. The Balaban J connectivity index is 1.91. The van der Waals surface area contributed by atoms with Crippen molar-refractivity contribution in [3.05, 3.63) is 82.4 Å². The number of amides is 1. The Morgan fingerprint density at radius 2 is 2.12 bits per heavy atom. The monoisotopic (exact) mass is 352 g/mol. The summed E-state index contributed by atoms with van der Waals surface area (Å²) >= 11 is 0. The molecule has 2 aromatic carbocycles. The molecule has 0 atom stereocenters. The average Bonchev–Trinajstić information content (AvgIpc) is 3.17. The van der Waals surface area contributed by atoms with Gasteiger partial charge in [-0.1, -0.05) is 18.2 Å². The maximum Gasteiger partial charge on any atom is 0.294 e. The first-order chi connectivity index (χ1) is 12.6. The van der Waals surface area contributed by atoms with E-state index >= 15 is 0 Å². The lowest BCUT2D eigenvalue weighted by molar-refractivity contribution is -0.384. The zero-order valence-electron chi connectivity index (χ0n) is 14.0. The summed E-state index contributed by atoms with van der Waals surface area (Å²) in [5, 5.41) is 14.2. The van der Waals surface area contributed by atoms with Crippen molar-refractivity contribution in [2.24, 2.45) is 0 Å². The molecule has 26 heavy (non-hydrogen) atoms. The molecule has 0 aliphatic carbocycles. The summed E-state index contributed by atoms with van der Waals surface area (Å²) in [5.41, 5.74) is 1.76. The molecule has 1 N–H and O–H groups in total. The van der Waals surface area contributed by atoms with Crippen LogP contribution in [0.5, 0.6) is 0 Å². The SMILES string of the molecule is COCc1ccccc1NC(=O)c1ccc(-n2ccnc2)c([N+](=O)[O-])c1. The second kappa shape index (κ2) is 7.58. The van der Waals surface area contributed by atoms with Gasteiger partial charge in [-0.05, 0) is 18.2 Å². The number of methoxy groups -OCH3 is 1. The summed E-state index contributed by atoms with van der Waals surface area (Å²) in [4.78, 5) is 27.3. The Morgan fingerprint density at radius 3 is 2.81 bits per heavy atom. The lowest BCUT2D eigenvalue weighted by atomic mass is 10.1. The quantitative estimate of drug-likeness (QED) is 0.542. The number of para-hydroxylation sites is 1. The van der Waals surface area contributed by atoms with Crippen LogP contribution in [0.1, 0.15) is 15.9 Å². The number of carbonyl (C=O) groups excluding carboxylic acids is 1. The molecule has 132 valence electrons. The highest BCUT2D eigenvalue weighted by Gasteiger charge is 2.19. The van der Waals surface area contributed by atoms with E-state index in [-0.39, 0.29) is 11.3 Å². The zero-order chi connectivity index (χ0) is 18.5. The number of aromatic nitrogens is 2. The number of nitrogens with zero attached hydrogens (tertiary/aromatic N) is 3. The van der Waals surface area contributed by atoms with Crippen LogP contribution in [0.3, 0.4) is 0 Å². The highest BCUT2D eigenvalue weighted by atomic mass is 16.6. The molecule has 0 saturated heterocycles. The van der Waals surface area contributed by atoms with Crippen LogP contribution >= 0.6 is 0 Å². The molecule has 1 heterocycles. The number of nitro benzene ring substituents is 1. The fourth-order valence-electron chi connectivity index (χ4n) is 2.55. The number of imidazole rings is 1. The number of carbonyl (C=O) groups is 1. The summed E-state index contributed by atoms with van der Waals surface area (Å²) < 4.78 is 6.64. The van der Waals surface area contributed by atoms with Crippen LogP contribution < -0.4 is 5.32 Å². The van der Waals surface area contributed by atoms with Crippen molar-refractivity contribution in [2.75, 3.05) is 12.4 Å². The zero-order valence-corrected chi connectivity index (χ0v) is 14.0. The van der Waals surface area contributed by atoms with Crippen molar-refractivity contribution in [3.8, 4) is 5.69 Å². The van der Waals surface area contributed by atoms with Crippen molar-refractivity contribution < 1.29 is 14.5 Å². The van der Waals surface area contributed by atoms with Crippen molar-refractivity contribution in [1.29, 1.82) is 0 Å². The van der Waals surface area contributed by atoms with Crippen LogP contribution in [0.25, 0.3) is 5.69 Å². The van der Waals surface area contributed by atoms with Crippen LogP contribution in [0.2, 0.25) is 0 Å². The van der Waals surface area contributed by atoms with Crippen LogP contribution in [-0.4, -0.2) is 27.5 Å². The smallest absolute Gasteiger partial charge is 0.294 e. The largest absolute Gasteiger partial charge is 0.380 e. The number of benzene rings is 2. The molecule has 0 bridgehead atoms. The van der Waals surface area contributed by atoms with Gasteiger partial charge in [0.1, 0.15) is 5.69 Å². The number of anilines is 1. The third-order valence-electron chi connectivity index (χ3n) is 3.78. The number of rotatable bonds is 6. The van der Waals surface area contributed by atoms with Crippen LogP contribution in [0.15, 0.2) is 61.2 Å². The summed E-state index contributed by atoms with van der Waals surface area (Å²) in [7, 11) is 1.57. The van der Waals surface area contributed by atoms with E-state index in [2.05, 4.69) is 10.3 Å². The number of nitrogens with one attached hydrogen (secondary N) is 1. The number of ether oxygens (including phenoxy) is 1. The maximum atomic E-state index is 12.5. The number of hydrogen-bond donors (Lipinski definition) is 1. The lowest BCUT2D eigenvalue weighted by Crippen LogP contribution is -2.14. The van der Waals surface area contributed by atoms with E-state index in [0.717, 1.165) is 5.56 Å². The minimum atomic E-state index is -0.523. The van der Waals surface area contributed by atoms with Gasteiger partial charge in [-0.25, -0.2) is 4.98 Å². The van der Waals surface area contributed by atoms with Crippen molar-refractivity contribution >= 4 is 17.3 Å². The first-order valence-corrected chi connectivity index (χ1v) is 7.75. The molecule has 0 unspecified atom stereocenters. The second-order valence-electron chi connectivity index (χ2n) is 5.47. The molecule has 0 aliphatic heterocycles. The van der Waals surface area contributed by atoms with E-state index in [9.17, 15) is 14.9 Å². The Labute approximate surface area is 149 Å². The molecule has 0 fully saturated rings. The normalized spacial score (nSPS) is 10.5. The molecule has 0 aliphatic rings. The molecule has 1 amide bonds. The summed E-state index contributed by atoms with van der Waals surface area (Å²) in [6, 6.07) is 11.5. The topological polar surface area (TPSA) is 99.3 Å². The highest BCUT2D eigenvalue weighted by Crippen LogP contribution is 2.25. The molecule has 0 spiro atoms. The molecule has 0 saturated carbocycles.